The standard InChI is InChI=1S/C9HF16NO3/c10-2(1(27)28)4(11,12)5(13,29-25)9(23,24)26(2)3(6(14,15)16,7(17,18)19)8(20,21)22/h(H,27,28)/t2-,5-/m1/s1. The lowest BCUT2D eigenvalue weighted by Crippen LogP contribution is -2.82. The summed E-state index contributed by atoms with van der Waals surface area (Å²) in [5.74, 6) is -27.1. The third-order valence-corrected chi connectivity index (χ3v) is 3.75. The number of carbonyl (C=O) groups is 1. The van der Waals surface area contributed by atoms with Gasteiger partial charge in [0, 0.05) is 0 Å². The van der Waals surface area contributed by atoms with Crippen LogP contribution in [0.1, 0.15) is 0 Å². The maximum absolute atomic E-state index is 14.3. The molecule has 0 spiro atoms. The summed E-state index contributed by atoms with van der Waals surface area (Å²) in [6, 6.07) is -7.88. The van der Waals surface area contributed by atoms with Crippen molar-refractivity contribution in [3.05, 3.63) is 0 Å². The van der Waals surface area contributed by atoms with Crippen LogP contribution in [0.4, 0.5) is 70.4 Å². The highest BCUT2D eigenvalue weighted by Gasteiger charge is 3.04. The summed E-state index contributed by atoms with van der Waals surface area (Å²) in [5.41, 5.74) is -8.49. The number of halogens is 16. The Bertz CT molecular complexity index is 645. The normalized spacial score (nSPS) is 31.2. The fourth-order valence-electron chi connectivity index (χ4n) is 2.51. The smallest absolute Gasteiger partial charge is 0.425 e. The molecule has 172 valence electrons. The van der Waals surface area contributed by atoms with Crippen LogP contribution in [0.3, 0.4) is 0 Å². The van der Waals surface area contributed by atoms with Crippen LogP contribution in [-0.4, -0.2) is 63.7 Å². The van der Waals surface area contributed by atoms with Crippen molar-refractivity contribution in [1.82, 2.24) is 4.90 Å². The molecule has 0 aliphatic carbocycles. The maximum atomic E-state index is 14.3. The van der Waals surface area contributed by atoms with Crippen molar-refractivity contribution < 1.29 is 85.2 Å². The van der Waals surface area contributed by atoms with Crippen molar-refractivity contribution in [2.24, 2.45) is 0 Å². The monoisotopic (exact) mass is 475 g/mol. The van der Waals surface area contributed by atoms with Crippen molar-refractivity contribution >= 4 is 5.97 Å². The molecule has 4 nitrogen and oxygen atoms in total. The van der Waals surface area contributed by atoms with E-state index >= 15 is 0 Å². The first kappa shape index (κ1) is 25.3. The highest BCUT2D eigenvalue weighted by Crippen LogP contribution is 2.70. The molecule has 20 heteroatoms. The van der Waals surface area contributed by atoms with Gasteiger partial charge in [0.2, 0.25) is 0 Å². The van der Waals surface area contributed by atoms with Gasteiger partial charge < -0.3 is 5.11 Å². The van der Waals surface area contributed by atoms with Gasteiger partial charge in [0.25, 0.3) is 0 Å². The molecule has 29 heavy (non-hydrogen) atoms. The zero-order valence-corrected chi connectivity index (χ0v) is 12.3. The molecule has 1 heterocycles. The molecule has 0 aromatic carbocycles. The van der Waals surface area contributed by atoms with Gasteiger partial charge in [-0.05, 0) is 4.53 Å². The van der Waals surface area contributed by atoms with Gasteiger partial charge in [-0.3, -0.25) is 0 Å². The molecule has 0 radical (unpaired) electrons. The van der Waals surface area contributed by atoms with E-state index in [2.05, 4.69) is 0 Å². The molecular formula is C9HF16NO3. The third kappa shape index (κ3) is 2.46. The number of nitrogens with zero attached hydrogens (tertiary/aromatic N) is 1. The van der Waals surface area contributed by atoms with Gasteiger partial charge in [-0.25, -0.2) is 9.18 Å². The molecule has 2 atom stereocenters. The zero-order valence-electron chi connectivity index (χ0n) is 12.3. The first-order chi connectivity index (χ1) is 12.4. The molecule has 0 unspecified atom stereocenters. The molecule has 1 saturated heterocycles. The second kappa shape index (κ2) is 5.91. The van der Waals surface area contributed by atoms with E-state index in [1.54, 1.807) is 0 Å². The summed E-state index contributed by atoms with van der Waals surface area (Å²) >= 11 is 0. The fourth-order valence-corrected chi connectivity index (χ4v) is 2.51. The van der Waals surface area contributed by atoms with E-state index in [1.807, 2.05) is 0 Å². The van der Waals surface area contributed by atoms with E-state index in [9.17, 15) is 75.2 Å². The van der Waals surface area contributed by atoms with E-state index in [0.717, 1.165) is 0 Å². The van der Waals surface area contributed by atoms with Crippen LogP contribution in [0.15, 0.2) is 0 Å². The van der Waals surface area contributed by atoms with Crippen LogP contribution in [0.25, 0.3) is 0 Å². The van der Waals surface area contributed by atoms with Crippen molar-refractivity contribution in [3.63, 3.8) is 0 Å². The van der Waals surface area contributed by atoms with Gasteiger partial charge in [0.05, 0.1) is 0 Å². The summed E-state index contributed by atoms with van der Waals surface area (Å²) < 4.78 is 211. The van der Waals surface area contributed by atoms with Gasteiger partial charge in [-0.1, -0.05) is 0 Å². The highest BCUT2D eigenvalue weighted by molar-refractivity contribution is 5.80. The minimum Gasteiger partial charge on any atom is -0.478 e. The summed E-state index contributed by atoms with van der Waals surface area (Å²) in [6.45, 7) is 0. The summed E-state index contributed by atoms with van der Waals surface area (Å²) in [4.78, 5) is 7.44. The Labute approximate surface area is 145 Å². The molecule has 0 saturated carbocycles. The van der Waals surface area contributed by atoms with E-state index in [4.69, 9.17) is 5.11 Å². The van der Waals surface area contributed by atoms with Crippen LogP contribution in [0.5, 0.6) is 0 Å². The lowest BCUT2D eigenvalue weighted by molar-refractivity contribution is -0.474. The van der Waals surface area contributed by atoms with E-state index < -0.39 is 58.6 Å². The number of rotatable bonds is 3. The van der Waals surface area contributed by atoms with Gasteiger partial charge >= 0.3 is 53.7 Å². The Kier molecular flexibility index (Phi) is 5.16. The number of hydrogen-bond donors (Lipinski definition) is 1. The second-order valence-corrected chi connectivity index (χ2v) is 5.25. The number of aliphatic carboxylic acids is 1. The Morgan fingerprint density at radius 2 is 1.07 bits per heavy atom. The van der Waals surface area contributed by atoms with Crippen molar-refractivity contribution in [2.75, 3.05) is 0 Å². The van der Waals surface area contributed by atoms with Gasteiger partial charge in [0.15, 0.2) is 0 Å². The van der Waals surface area contributed by atoms with Gasteiger partial charge in [0.1, 0.15) is 0 Å². The van der Waals surface area contributed by atoms with Crippen LogP contribution < -0.4 is 0 Å². The summed E-state index contributed by atoms with van der Waals surface area (Å²) in [6.07, 6.45) is -24.9. The Hall–Kier alpha value is -1.73. The zero-order chi connectivity index (χ0) is 23.9. The molecule has 0 aromatic heterocycles. The summed E-state index contributed by atoms with van der Waals surface area (Å²) in [7, 11) is 0. The van der Waals surface area contributed by atoms with E-state index in [1.165, 1.54) is 4.94 Å². The number of likely N-dealkylation sites (tertiary alicyclic amines) is 1. The van der Waals surface area contributed by atoms with E-state index in [-0.39, 0.29) is 0 Å². The molecule has 1 N–H and O–H groups in total. The van der Waals surface area contributed by atoms with Gasteiger partial charge in [-0.15, -0.1) is 4.94 Å². The number of hydrogen-bond acceptors (Lipinski definition) is 3. The Balaban J connectivity index is 4.41. The highest BCUT2D eigenvalue weighted by atomic mass is 19.4. The van der Waals surface area contributed by atoms with Crippen LogP contribution in [0, 0.1) is 0 Å². The van der Waals surface area contributed by atoms with Crippen molar-refractivity contribution in [2.45, 2.75) is 47.7 Å². The molecule has 1 aliphatic heterocycles. The van der Waals surface area contributed by atoms with E-state index in [0.29, 0.717) is 0 Å². The second-order valence-electron chi connectivity index (χ2n) is 5.25. The number of carboxylic acids is 1. The SMILES string of the molecule is O=C(O)[C@@]1(F)N(C(C(F)(F)F)(C(F)(F)F)C(F)(F)F)C(F)(F)[C@](F)(OF)C1(F)F. The predicted octanol–water partition coefficient (Wildman–Crippen LogP) is 4.27. The molecule has 0 bridgehead atoms. The Morgan fingerprint density at radius 1 is 0.759 bits per heavy atom. The minimum atomic E-state index is -8.49. The van der Waals surface area contributed by atoms with Crippen LogP contribution in [-0.2, 0) is 9.74 Å². The molecule has 0 aromatic rings. The largest absolute Gasteiger partial charge is 0.478 e. The van der Waals surface area contributed by atoms with Crippen LogP contribution >= 0.6 is 0 Å². The van der Waals surface area contributed by atoms with Crippen molar-refractivity contribution in [3.8, 4) is 0 Å². The fraction of sp³-hybridized carbons (Fsp3) is 0.889. The predicted molar refractivity (Wildman–Crippen MR) is 50.1 cm³/mol. The molecule has 1 rings (SSSR count). The molecular weight excluding hydrogens is 474 g/mol. The van der Waals surface area contributed by atoms with Crippen LogP contribution in [0.2, 0.25) is 0 Å². The first-order valence-electron chi connectivity index (χ1n) is 6.04. The first-order valence-corrected chi connectivity index (χ1v) is 6.04. The Morgan fingerprint density at radius 3 is 1.28 bits per heavy atom. The lowest BCUT2D eigenvalue weighted by Gasteiger charge is -2.48. The average molecular weight is 475 g/mol. The topological polar surface area (TPSA) is 49.8 Å². The number of alkyl halides is 15. The average Bonchev–Trinajstić information content (AvgIpc) is 2.53. The molecule has 1 fully saturated rings. The maximum Gasteiger partial charge on any atom is 0.425 e. The minimum absolute atomic E-state index is 1.22. The lowest BCUT2D eigenvalue weighted by atomic mass is 9.91. The number of carboxylic acid groups (broad SMARTS) is 1. The quantitative estimate of drug-likeness (QED) is 0.490. The van der Waals surface area contributed by atoms with Crippen molar-refractivity contribution in [1.29, 1.82) is 0 Å². The molecule has 1 aliphatic rings. The summed E-state index contributed by atoms with van der Waals surface area (Å²) in [5, 5.41) is 8.22. The molecule has 0 amide bonds. The third-order valence-electron chi connectivity index (χ3n) is 3.75. The van der Waals surface area contributed by atoms with Gasteiger partial charge in [-0.2, -0.15) is 66.4 Å².